The number of alkyl carbamates (subject to hydrolysis) is 1. The Labute approximate surface area is 255 Å². The van der Waals surface area contributed by atoms with Crippen LogP contribution in [0.1, 0.15) is 72.9 Å². The number of hydrogen-bond donors (Lipinski definition) is 1. The summed E-state index contributed by atoms with van der Waals surface area (Å²) >= 11 is 0. The zero-order valence-corrected chi connectivity index (χ0v) is 24.9. The minimum atomic E-state index is -0.340. The van der Waals surface area contributed by atoms with E-state index in [1.54, 1.807) is 0 Å². The van der Waals surface area contributed by atoms with E-state index in [-0.39, 0.29) is 24.3 Å². The Kier molecular flexibility index (Phi) is 9.80. The Morgan fingerprint density at radius 1 is 0.814 bits per heavy atom. The van der Waals surface area contributed by atoms with Crippen LogP contribution in [0.2, 0.25) is 0 Å². The Balaban J connectivity index is 1.19. The van der Waals surface area contributed by atoms with Crippen LogP contribution >= 0.6 is 0 Å². The highest BCUT2D eigenvalue weighted by atomic mass is 16.6. The Morgan fingerprint density at radius 3 is 2.07 bits per heavy atom. The third-order valence-electron chi connectivity index (χ3n) is 9.07. The molecule has 0 spiro atoms. The van der Waals surface area contributed by atoms with Crippen LogP contribution in [-0.2, 0) is 24.1 Å². The third kappa shape index (κ3) is 8.11. The van der Waals surface area contributed by atoms with Crippen molar-refractivity contribution in [1.29, 1.82) is 0 Å². The lowest BCUT2D eigenvalue weighted by molar-refractivity contribution is 0.0946. The van der Waals surface area contributed by atoms with Gasteiger partial charge in [-0.15, -0.1) is 5.10 Å². The van der Waals surface area contributed by atoms with Gasteiger partial charge in [-0.25, -0.2) is 9.48 Å². The Morgan fingerprint density at radius 2 is 1.42 bits per heavy atom. The number of nitrogens with one attached hydrogen (secondary N) is 1. The summed E-state index contributed by atoms with van der Waals surface area (Å²) in [5.41, 5.74) is 4.76. The average molecular weight is 578 g/mol. The molecule has 1 amide bonds. The van der Waals surface area contributed by atoms with Crippen LogP contribution in [0.4, 0.5) is 4.79 Å². The van der Waals surface area contributed by atoms with Gasteiger partial charge in [0.1, 0.15) is 6.10 Å². The van der Waals surface area contributed by atoms with Crippen LogP contribution in [0.3, 0.4) is 0 Å². The lowest BCUT2D eigenvalue weighted by atomic mass is 9.89. The number of piperidine rings is 1. The molecule has 43 heavy (non-hydrogen) atoms. The highest BCUT2D eigenvalue weighted by molar-refractivity contribution is 5.68. The van der Waals surface area contributed by atoms with Gasteiger partial charge >= 0.3 is 6.09 Å². The maximum absolute atomic E-state index is 13.2. The van der Waals surface area contributed by atoms with Gasteiger partial charge in [-0.1, -0.05) is 96.2 Å². The SMILES string of the molecule is O=C(N[C@@H](Cc1ccccc1)[C@H](Cc1ccccc1)n1cc(CN2CCC(c3ccccc3)CC2)nn1)OC1CCCC1. The summed E-state index contributed by atoms with van der Waals surface area (Å²) < 4.78 is 7.83. The number of benzene rings is 3. The predicted molar refractivity (Wildman–Crippen MR) is 169 cm³/mol. The van der Waals surface area contributed by atoms with E-state index in [0.29, 0.717) is 18.8 Å². The van der Waals surface area contributed by atoms with E-state index < -0.39 is 0 Å². The fourth-order valence-electron chi connectivity index (χ4n) is 6.70. The third-order valence-corrected chi connectivity index (χ3v) is 9.07. The highest BCUT2D eigenvalue weighted by Gasteiger charge is 2.30. The van der Waals surface area contributed by atoms with E-state index in [9.17, 15) is 4.79 Å². The number of rotatable bonds is 11. The lowest BCUT2D eigenvalue weighted by Crippen LogP contribution is -2.45. The highest BCUT2D eigenvalue weighted by Crippen LogP contribution is 2.29. The van der Waals surface area contributed by atoms with Crippen LogP contribution in [0.5, 0.6) is 0 Å². The summed E-state index contributed by atoms with van der Waals surface area (Å²) in [5.74, 6) is 0.622. The molecule has 2 fully saturated rings. The number of nitrogens with zero attached hydrogens (tertiary/aromatic N) is 4. The number of hydrogen-bond acceptors (Lipinski definition) is 5. The molecule has 0 radical (unpaired) electrons. The first kappa shape index (κ1) is 29.1. The van der Waals surface area contributed by atoms with Gasteiger partial charge in [-0.3, -0.25) is 4.90 Å². The minimum absolute atomic E-state index is 0.00829. The summed E-state index contributed by atoms with van der Waals surface area (Å²) in [6.45, 7) is 2.87. The Hall–Kier alpha value is -3.97. The van der Waals surface area contributed by atoms with Crippen molar-refractivity contribution in [3.05, 3.63) is 120 Å². The molecule has 1 saturated heterocycles. The van der Waals surface area contributed by atoms with Crippen LogP contribution in [0, 0.1) is 0 Å². The molecule has 0 bridgehead atoms. The van der Waals surface area contributed by atoms with Crippen LogP contribution < -0.4 is 5.32 Å². The molecule has 1 aliphatic heterocycles. The molecular weight excluding hydrogens is 534 g/mol. The Bertz CT molecular complexity index is 1400. The first-order valence-electron chi connectivity index (χ1n) is 15.9. The summed E-state index contributed by atoms with van der Waals surface area (Å²) in [4.78, 5) is 15.7. The van der Waals surface area contributed by atoms with Crippen molar-refractivity contribution in [2.24, 2.45) is 0 Å². The van der Waals surface area contributed by atoms with Gasteiger partial charge < -0.3 is 10.1 Å². The number of carbonyl (C=O) groups excluding carboxylic acids is 1. The molecule has 1 aliphatic carbocycles. The fraction of sp³-hybridized carbons (Fsp3) is 0.417. The first-order valence-corrected chi connectivity index (χ1v) is 15.9. The van der Waals surface area contributed by atoms with Crippen LogP contribution in [0.25, 0.3) is 0 Å². The van der Waals surface area contributed by atoms with Gasteiger partial charge in [0.25, 0.3) is 0 Å². The van der Waals surface area contributed by atoms with Gasteiger partial charge in [-0.05, 0) is 87.1 Å². The van der Waals surface area contributed by atoms with E-state index in [0.717, 1.165) is 69.4 Å². The summed E-state index contributed by atoms with van der Waals surface area (Å²) in [6.07, 6.45) is 9.57. The van der Waals surface area contributed by atoms with E-state index in [1.807, 2.05) is 28.9 Å². The quantitative estimate of drug-likeness (QED) is 0.214. The maximum atomic E-state index is 13.2. The predicted octanol–water partition coefficient (Wildman–Crippen LogP) is 6.72. The smallest absolute Gasteiger partial charge is 0.407 e. The zero-order chi connectivity index (χ0) is 29.3. The molecule has 3 aromatic carbocycles. The second-order valence-electron chi connectivity index (χ2n) is 12.2. The second kappa shape index (κ2) is 14.5. The molecule has 2 atom stereocenters. The number of amides is 1. The van der Waals surface area contributed by atoms with Gasteiger partial charge in [-0.2, -0.15) is 0 Å². The van der Waals surface area contributed by atoms with Crippen molar-refractivity contribution < 1.29 is 9.53 Å². The number of likely N-dealkylation sites (tertiary alicyclic amines) is 1. The van der Waals surface area contributed by atoms with Gasteiger partial charge in [0.2, 0.25) is 0 Å². The largest absolute Gasteiger partial charge is 0.446 e. The molecule has 1 N–H and O–H groups in total. The molecule has 1 saturated carbocycles. The summed E-state index contributed by atoms with van der Waals surface area (Å²) in [7, 11) is 0. The molecule has 2 aliphatic rings. The monoisotopic (exact) mass is 577 g/mol. The maximum Gasteiger partial charge on any atom is 0.407 e. The zero-order valence-electron chi connectivity index (χ0n) is 24.9. The number of aromatic nitrogens is 3. The normalized spacial score (nSPS) is 17.9. The van der Waals surface area contributed by atoms with Crippen molar-refractivity contribution in [3.8, 4) is 0 Å². The summed E-state index contributed by atoms with van der Waals surface area (Å²) in [5, 5.41) is 12.6. The fourth-order valence-corrected chi connectivity index (χ4v) is 6.70. The van der Waals surface area contributed by atoms with E-state index in [2.05, 4.69) is 93.5 Å². The molecule has 1 aromatic heterocycles. The van der Waals surface area contributed by atoms with Crippen molar-refractivity contribution in [1.82, 2.24) is 25.2 Å². The number of carbonyl (C=O) groups is 1. The first-order chi connectivity index (χ1) is 21.2. The minimum Gasteiger partial charge on any atom is -0.446 e. The average Bonchev–Trinajstić information content (AvgIpc) is 3.74. The van der Waals surface area contributed by atoms with E-state index in [1.165, 1.54) is 11.1 Å². The second-order valence-corrected chi connectivity index (χ2v) is 12.2. The molecule has 2 heterocycles. The van der Waals surface area contributed by atoms with Crippen molar-refractivity contribution in [3.63, 3.8) is 0 Å². The van der Waals surface area contributed by atoms with Crippen molar-refractivity contribution in [2.75, 3.05) is 13.1 Å². The summed E-state index contributed by atoms with van der Waals surface area (Å²) in [6, 6.07) is 31.3. The van der Waals surface area contributed by atoms with Crippen molar-refractivity contribution >= 4 is 6.09 Å². The topological polar surface area (TPSA) is 72.3 Å². The van der Waals surface area contributed by atoms with Crippen LogP contribution in [-0.4, -0.2) is 51.2 Å². The van der Waals surface area contributed by atoms with E-state index >= 15 is 0 Å². The molecule has 4 aromatic rings. The standard InChI is InChI=1S/C36H43N5O2/c42-36(43-33-18-10-11-19-33)37-34(24-28-12-4-1-5-13-28)35(25-29-14-6-2-7-15-29)41-27-32(38-39-41)26-40-22-20-31(21-23-40)30-16-8-3-9-17-30/h1-9,12-17,27,31,33-35H,10-11,18-26H2,(H,37,42)/t34-,35-/m0/s1. The molecule has 0 unspecified atom stereocenters. The van der Waals surface area contributed by atoms with Gasteiger partial charge in [0, 0.05) is 6.54 Å². The van der Waals surface area contributed by atoms with Crippen molar-refractivity contribution in [2.45, 2.75) is 82.0 Å². The van der Waals surface area contributed by atoms with Gasteiger partial charge in [0.15, 0.2) is 0 Å². The lowest BCUT2D eigenvalue weighted by Gasteiger charge is -2.31. The molecule has 7 heteroatoms. The molecule has 6 rings (SSSR count). The molecular formula is C36H43N5O2. The van der Waals surface area contributed by atoms with E-state index in [4.69, 9.17) is 4.74 Å². The number of ether oxygens (including phenoxy) is 1. The molecule has 7 nitrogen and oxygen atoms in total. The van der Waals surface area contributed by atoms with Gasteiger partial charge in [0.05, 0.1) is 24.0 Å². The van der Waals surface area contributed by atoms with Crippen LogP contribution in [0.15, 0.2) is 97.2 Å². The molecule has 224 valence electrons.